The summed E-state index contributed by atoms with van der Waals surface area (Å²) in [5.41, 5.74) is -0.532. The Morgan fingerprint density at radius 2 is 1.94 bits per heavy atom. The molecule has 0 saturated carbocycles. The molecule has 5 heteroatoms. The SMILES string of the molecule is CC.CNC(=O)c1cc2ccc(O)cc2oc1=O. The summed E-state index contributed by atoms with van der Waals surface area (Å²) in [5.74, 6) is -0.493. The first-order valence-corrected chi connectivity index (χ1v) is 5.61. The van der Waals surface area contributed by atoms with Gasteiger partial charge in [0, 0.05) is 18.5 Å². The molecule has 1 amide bonds. The van der Waals surface area contributed by atoms with Crippen molar-refractivity contribution in [1.29, 1.82) is 0 Å². The summed E-state index contributed by atoms with van der Waals surface area (Å²) in [6.45, 7) is 4.00. The number of hydrogen-bond donors (Lipinski definition) is 2. The van der Waals surface area contributed by atoms with Crippen molar-refractivity contribution in [2.75, 3.05) is 7.05 Å². The molecule has 2 aromatic rings. The Labute approximate surface area is 104 Å². The average molecular weight is 249 g/mol. The van der Waals surface area contributed by atoms with Crippen LogP contribution in [0.3, 0.4) is 0 Å². The molecule has 0 aliphatic rings. The summed E-state index contributed by atoms with van der Waals surface area (Å²) < 4.78 is 4.92. The van der Waals surface area contributed by atoms with Crippen LogP contribution in [0.25, 0.3) is 11.0 Å². The van der Waals surface area contributed by atoms with Crippen molar-refractivity contribution >= 4 is 16.9 Å². The number of fused-ring (bicyclic) bond motifs is 1. The zero-order valence-corrected chi connectivity index (χ0v) is 10.5. The van der Waals surface area contributed by atoms with E-state index in [9.17, 15) is 14.7 Å². The Balaban J connectivity index is 0.000000771. The van der Waals surface area contributed by atoms with E-state index in [4.69, 9.17) is 4.42 Å². The highest BCUT2D eigenvalue weighted by molar-refractivity contribution is 5.96. The zero-order valence-electron chi connectivity index (χ0n) is 10.5. The molecule has 5 nitrogen and oxygen atoms in total. The second kappa shape index (κ2) is 5.86. The number of carbonyl (C=O) groups excluding carboxylic acids is 1. The van der Waals surface area contributed by atoms with Gasteiger partial charge in [-0.2, -0.15) is 0 Å². The van der Waals surface area contributed by atoms with Gasteiger partial charge in [0.2, 0.25) is 0 Å². The van der Waals surface area contributed by atoms with Crippen molar-refractivity contribution in [2.24, 2.45) is 0 Å². The first kappa shape index (κ1) is 13.8. The molecule has 0 bridgehead atoms. The molecule has 18 heavy (non-hydrogen) atoms. The molecule has 1 aromatic carbocycles. The van der Waals surface area contributed by atoms with E-state index in [2.05, 4.69) is 5.32 Å². The quantitative estimate of drug-likeness (QED) is 0.756. The number of amides is 1. The molecular weight excluding hydrogens is 234 g/mol. The van der Waals surface area contributed by atoms with Crippen LogP contribution in [-0.2, 0) is 0 Å². The lowest BCUT2D eigenvalue weighted by molar-refractivity contribution is 0.0959. The zero-order chi connectivity index (χ0) is 13.7. The third-order valence-electron chi connectivity index (χ3n) is 2.19. The van der Waals surface area contributed by atoms with Crippen LogP contribution in [0.5, 0.6) is 5.75 Å². The second-order valence-electron chi connectivity index (χ2n) is 3.25. The van der Waals surface area contributed by atoms with Crippen molar-refractivity contribution in [3.63, 3.8) is 0 Å². The lowest BCUT2D eigenvalue weighted by atomic mass is 10.1. The fourth-order valence-electron chi connectivity index (χ4n) is 1.39. The molecule has 0 radical (unpaired) electrons. The molecule has 0 aliphatic carbocycles. The number of aromatic hydroxyl groups is 1. The van der Waals surface area contributed by atoms with Gasteiger partial charge in [-0.3, -0.25) is 4.79 Å². The van der Waals surface area contributed by atoms with Crippen LogP contribution >= 0.6 is 0 Å². The van der Waals surface area contributed by atoms with E-state index >= 15 is 0 Å². The van der Waals surface area contributed by atoms with Crippen LogP contribution in [0, 0.1) is 0 Å². The highest BCUT2D eigenvalue weighted by atomic mass is 16.4. The highest BCUT2D eigenvalue weighted by Gasteiger charge is 2.11. The van der Waals surface area contributed by atoms with Gasteiger partial charge in [0.1, 0.15) is 16.9 Å². The minimum absolute atomic E-state index is 0.00310. The molecule has 0 atom stereocenters. The lowest BCUT2D eigenvalue weighted by Gasteiger charge is -2.01. The molecule has 0 unspecified atom stereocenters. The monoisotopic (exact) mass is 249 g/mol. The molecule has 1 heterocycles. The van der Waals surface area contributed by atoms with Gasteiger partial charge in [-0.15, -0.1) is 0 Å². The normalized spacial score (nSPS) is 9.50. The molecule has 0 spiro atoms. The first-order valence-electron chi connectivity index (χ1n) is 5.61. The minimum Gasteiger partial charge on any atom is -0.508 e. The maximum absolute atomic E-state index is 11.4. The minimum atomic E-state index is -0.725. The number of rotatable bonds is 1. The lowest BCUT2D eigenvalue weighted by Crippen LogP contribution is -2.24. The summed E-state index contributed by atoms with van der Waals surface area (Å²) in [7, 11) is 1.43. The first-order chi connectivity index (χ1) is 8.61. The van der Waals surface area contributed by atoms with Crippen LogP contribution in [0.15, 0.2) is 33.5 Å². The van der Waals surface area contributed by atoms with Gasteiger partial charge in [-0.05, 0) is 18.2 Å². The number of nitrogens with one attached hydrogen (secondary N) is 1. The number of hydrogen-bond acceptors (Lipinski definition) is 4. The van der Waals surface area contributed by atoms with Crippen molar-refractivity contribution in [1.82, 2.24) is 5.32 Å². The standard InChI is InChI=1S/C11H9NO4.C2H6/c1-12-10(14)8-4-6-2-3-7(13)5-9(6)16-11(8)15;1-2/h2-5,13H,1H3,(H,12,14);1-2H3. The molecule has 1 aromatic heterocycles. The highest BCUT2D eigenvalue weighted by Crippen LogP contribution is 2.18. The molecular formula is C13H15NO4. The van der Waals surface area contributed by atoms with E-state index in [0.717, 1.165) is 0 Å². The van der Waals surface area contributed by atoms with Crippen LogP contribution in [0.1, 0.15) is 24.2 Å². The number of phenols is 1. The van der Waals surface area contributed by atoms with Gasteiger partial charge in [0.25, 0.3) is 5.91 Å². The largest absolute Gasteiger partial charge is 0.508 e. The Morgan fingerprint density at radius 1 is 1.28 bits per heavy atom. The van der Waals surface area contributed by atoms with E-state index in [0.29, 0.717) is 5.39 Å². The van der Waals surface area contributed by atoms with Crippen LogP contribution in [0.2, 0.25) is 0 Å². The predicted octanol–water partition coefficient (Wildman–Crippen LogP) is 1.88. The van der Waals surface area contributed by atoms with Crippen molar-refractivity contribution in [3.8, 4) is 5.75 Å². The summed E-state index contributed by atoms with van der Waals surface area (Å²) in [6, 6.07) is 5.78. The van der Waals surface area contributed by atoms with E-state index in [1.807, 2.05) is 13.8 Å². The average Bonchev–Trinajstić information content (AvgIpc) is 2.39. The topological polar surface area (TPSA) is 79.5 Å². The van der Waals surface area contributed by atoms with Crippen molar-refractivity contribution in [2.45, 2.75) is 13.8 Å². The van der Waals surface area contributed by atoms with Gasteiger partial charge in [-0.25, -0.2) is 4.79 Å². The van der Waals surface area contributed by atoms with Crippen molar-refractivity contribution < 1.29 is 14.3 Å². The van der Waals surface area contributed by atoms with Gasteiger partial charge in [0.05, 0.1) is 0 Å². The Hall–Kier alpha value is -2.30. The van der Waals surface area contributed by atoms with Gasteiger partial charge >= 0.3 is 5.63 Å². The maximum atomic E-state index is 11.4. The molecule has 2 N–H and O–H groups in total. The maximum Gasteiger partial charge on any atom is 0.349 e. The Kier molecular flexibility index (Phi) is 4.48. The fourth-order valence-corrected chi connectivity index (χ4v) is 1.39. The number of carbonyl (C=O) groups is 1. The van der Waals surface area contributed by atoms with E-state index in [1.54, 1.807) is 6.07 Å². The molecule has 0 saturated heterocycles. The molecule has 2 rings (SSSR count). The van der Waals surface area contributed by atoms with Crippen LogP contribution in [-0.4, -0.2) is 18.1 Å². The molecule has 0 fully saturated rings. The third-order valence-corrected chi connectivity index (χ3v) is 2.19. The van der Waals surface area contributed by atoms with Crippen LogP contribution in [0.4, 0.5) is 0 Å². The smallest absolute Gasteiger partial charge is 0.349 e. The van der Waals surface area contributed by atoms with Gasteiger partial charge in [0.15, 0.2) is 0 Å². The van der Waals surface area contributed by atoms with Gasteiger partial charge in [-0.1, -0.05) is 13.8 Å². The Bertz CT molecular complexity index is 616. The third kappa shape index (κ3) is 2.68. The summed E-state index contributed by atoms with van der Waals surface area (Å²) in [4.78, 5) is 22.8. The second-order valence-corrected chi connectivity index (χ2v) is 3.25. The van der Waals surface area contributed by atoms with E-state index in [1.165, 1.54) is 25.2 Å². The summed E-state index contributed by atoms with van der Waals surface area (Å²) in [6.07, 6.45) is 0. The van der Waals surface area contributed by atoms with Crippen molar-refractivity contribution in [3.05, 3.63) is 40.2 Å². The van der Waals surface area contributed by atoms with Crippen LogP contribution < -0.4 is 10.9 Å². The van der Waals surface area contributed by atoms with E-state index < -0.39 is 11.5 Å². The summed E-state index contributed by atoms with van der Waals surface area (Å²) in [5, 5.41) is 12.1. The number of phenolic OH excluding ortho intramolecular Hbond substituents is 1. The Morgan fingerprint density at radius 3 is 2.56 bits per heavy atom. The fraction of sp³-hybridized carbons (Fsp3) is 0.231. The molecule has 96 valence electrons. The summed E-state index contributed by atoms with van der Waals surface area (Å²) >= 11 is 0. The number of benzene rings is 1. The van der Waals surface area contributed by atoms with Gasteiger partial charge < -0.3 is 14.8 Å². The molecule has 0 aliphatic heterocycles. The van der Waals surface area contributed by atoms with E-state index in [-0.39, 0.29) is 16.9 Å². The predicted molar refractivity (Wildman–Crippen MR) is 68.9 cm³/mol.